The molecule has 0 spiro atoms. The molecule has 19 heteroatoms. The highest BCUT2D eigenvalue weighted by atomic mass is 35.5. The Balaban J connectivity index is 0.842. The highest BCUT2D eigenvalue weighted by Crippen LogP contribution is 2.41. The molecule has 16 nitrogen and oxygen atoms in total. The minimum atomic E-state index is -1.03. The summed E-state index contributed by atoms with van der Waals surface area (Å²) in [6, 6.07) is 12.9. The number of benzene rings is 3. The van der Waals surface area contributed by atoms with Crippen LogP contribution in [-0.4, -0.2) is 128 Å². The molecule has 318 valence electrons. The molecule has 1 atom stereocenters. The number of fused-ring (bicyclic) bond motifs is 2. The molecule has 2 saturated heterocycles. The zero-order valence-electron chi connectivity index (χ0n) is 33.3. The number of imide groups is 2. The topological polar surface area (TPSA) is 193 Å². The van der Waals surface area contributed by atoms with Gasteiger partial charge in [-0.05, 0) is 37.1 Å². The number of methoxy groups -OCH3 is 2. The van der Waals surface area contributed by atoms with Crippen molar-refractivity contribution in [2.45, 2.75) is 30.2 Å². The number of amides is 5. The third kappa shape index (κ3) is 9.48. The normalized spacial score (nSPS) is 16.7. The zero-order valence-corrected chi connectivity index (χ0v) is 35.6. The average molecular weight is 891 g/mol. The molecule has 0 saturated carbocycles. The monoisotopic (exact) mass is 889 g/mol. The number of nitriles is 1. The van der Waals surface area contributed by atoms with Crippen LogP contribution >= 0.6 is 35.0 Å². The summed E-state index contributed by atoms with van der Waals surface area (Å²) in [6.45, 7) is 3.85. The van der Waals surface area contributed by atoms with Gasteiger partial charge in [0.15, 0.2) is 11.5 Å². The summed E-state index contributed by atoms with van der Waals surface area (Å²) < 4.78 is 22.9. The number of nitrogens with zero attached hydrogens (tertiary/aromatic N) is 5. The fourth-order valence-electron chi connectivity index (χ4n) is 7.36. The fraction of sp³-hybridized carbons (Fsp3) is 0.357. The van der Waals surface area contributed by atoms with Crippen LogP contribution in [0.1, 0.15) is 45.5 Å². The van der Waals surface area contributed by atoms with Crippen molar-refractivity contribution in [3.05, 3.63) is 75.4 Å². The molecule has 2 N–H and O–H groups in total. The van der Waals surface area contributed by atoms with Crippen LogP contribution in [0.2, 0.25) is 10.0 Å². The first-order chi connectivity index (χ1) is 29.5. The summed E-state index contributed by atoms with van der Waals surface area (Å²) >= 11 is 14.0. The highest BCUT2D eigenvalue weighted by molar-refractivity contribution is 7.99. The number of pyridine rings is 1. The number of piperazine rings is 1. The Labute approximate surface area is 365 Å². The lowest BCUT2D eigenvalue weighted by molar-refractivity contribution is -0.138. The van der Waals surface area contributed by atoms with Crippen LogP contribution in [0.3, 0.4) is 0 Å². The van der Waals surface area contributed by atoms with Crippen LogP contribution in [0.15, 0.2) is 53.6 Å². The highest BCUT2D eigenvalue weighted by Gasteiger charge is 2.45. The number of carbonyl (C=O) groups is 5. The fourth-order valence-corrected chi connectivity index (χ4v) is 8.81. The van der Waals surface area contributed by atoms with E-state index in [1.165, 1.54) is 25.1 Å². The van der Waals surface area contributed by atoms with E-state index in [1.54, 1.807) is 54.5 Å². The van der Waals surface area contributed by atoms with Gasteiger partial charge in [-0.2, -0.15) is 5.26 Å². The number of hydrogen-bond donors (Lipinski definition) is 2. The summed E-state index contributed by atoms with van der Waals surface area (Å²) in [5.74, 6) is -0.500. The molecular formula is C42H41Cl2N7O9S. The number of piperidine rings is 1. The Morgan fingerprint density at radius 1 is 0.984 bits per heavy atom. The minimum Gasteiger partial charge on any atom is -0.495 e. The summed E-state index contributed by atoms with van der Waals surface area (Å²) in [5, 5.41) is 16.6. The molecule has 3 aliphatic heterocycles. The van der Waals surface area contributed by atoms with Crippen LogP contribution in [0, 0.1) is 11.3 Å². The van der Waals surface area contributed by atoms with Crippen LogP contribution in [0.25, 0.3) is 10.9 Å². The molecular weight excluding hydrogens is 849 g/mol. The Morgan fingerprint density at radius 2 is 1.77 bits per heavy atom. The van der Waals surface area contributed by atoms with E-state index in [4.69, 9.17) is 42.1 Å². The van der Waals surface area contributed by atoms with Crippen molar-refractivity contribution < 1.29 is 42.9 Å². The van der Waals surface area contributed by atoms with E-state index < -0.39 is 29.7 Å². The number of halogens is 2. The number of aromatic nitrogens is 1. The van der Waals surface area contributed by atoms with Crippen molar-refractivity contribution >= 4 is 86.8 Å². The molecule has 0 bridgehead atoms. The predicted octanol–water partition coefficient (Wildman–Crippen LogP) is 5.30. The van der Waals surface area contributed by atoms with E-state index in [0.717, 1.165) is 17.9 Å². The van der Waals surface area contributed by atoms with Gasteiger partial charge in [-0.25, -0.2) is 0 Å². The van der Waals surface area contributed by atoms with Crippen molar-refractivity contribution in [1.82, 2.24) is 25.0 Å². The van der Waals surface area contributed by atoms with Crippen molar-refractivity contribution in [1.29, 1.82) is 5.26 Å². The SMILES string of the molecule is COc1cc(Nc2c(C#N)cnc3cc(OCCCN4CCN(C(=O)COCCSc5cccc6c5C(=O)N(C5CCC(=O)NC5=O)C6=O)CC4)c(OC)cc23)c(Cl)cc1Cl. The van der Waals surface area contributed by atoms with Gasteiger partial charge < -0.3 is 29.2 Å². The van der Waals surface area contributed by atoms with Gasteiger partial charge in [-0.3, -0.25) is 44.1 Å². The number of thioether (sulfide) groups is 1. The van der Waals surface area contributed by atoms with Gasteiger partial charge in [0.1, 0.15) is 24.5 Å². The molecule has 61 heavy (non-hydrogen) atoms. The molecule has 3 aliphatic rings. The van der Waals surface area contributed by atoms with Crippen molar-refractivity contribution in [3.63, 3.8) is 0 Å². The molecule has 4 aromatic rings. The summed E-state index contributed by atoms with van der Waals surface area (Å²) in [4.78, 5) is 73.5. The summed E-state index contributed by atoms with van der Waals surface area (Å²) in [6.07, 6.45) is 2.33. The van der Waals surface area contributed by atoms with Gasteiger partial charge in [0.2, 0.25) is 17.7 Å². The van der Waals surface area contributed by atoms with Gasteiger partial charge >= 0.3 is 0 Å². The molecule has 1 unspecified atom stereocenters. The number of nitrogens with one attached hydrogen (secondary N) is 2. The van der Waals surface area contributed by atoms with Crippen LogP contribution in [0.5, 0.6) is 17.2 Å². The van der Waals surface area contributed by atoms with Crippen molar-refractivity contribution in [2.75, 3.05) is 77.8 Å². The van der Waals surface area contributed by atoms with Crippen molar-refractivity contribution in [2.24, 2.45) is 0 Å². The van der Waals surface area contributed by atoms with Crippen LogP contribution < -0.4 is 24.8 Å². The van der Waals surface area contributed by atoms with Gasteiger partial charge in [0.05, 0.1) is 71.1 Å². The molecule has 2 fully saturated rings. The molecule has 1 aromatic heterocycles. The lowest BCUT2D eigenvalue weighted by atomic mass is 10.0. The van der Waals surface area contributed by atoms with E-state index in [2.05, 4.69) is 26.6 Å². The lowest BCUT2D eigenvalue weighted by Crippen LogP contribution is -2.54. The van der Waals surface area contributed by atoms with Crippen LogP contribution in [0.4, 0.5) is 11.4 Å². The first-order valence-electron chi connectivity index (χ1n) is 19.4. The number of anilines is 2. The second kappa shape index (κ2) is 19.4. The molecule has 7 rings (SSSR count). The quantitative estimate of drug-likeness (QED) is 0.0837. The molecule has 5 amide bonds. The van der Waals surface area contributed by atoms with Gasteiger partial charge in [0, 0.05) is 73.5 Å². The Bertz CT molecular complexity index is 2440. The Hall–Kier alpha value is -5.64. The summed E-state index contributed by atoms with van der Waals surface area (Å²) in [5.41, 5.74) is 2.30. The van der Waals surface area contributed by atoms with E-state index in [-0.39, 0.29) is 43.1 Å². The lowest BCUT2D eigenvalue weighted by Gasteiger charge is -2.34. The van der Waals surface area contributed by atoms with Gasteiger partial charge in [-0.15, -0.1) is 11.8 Å². The van der Waals surface area contributed by atoms with Crippen LogP contribution in [-0.2, 0) is 19.1 Å². The first-order valence-corrected chi connectivity index (χ1v) is 21.1. The standard InChI is InChI=1S/C42H41Cl2N7O9S/c1-57-32-20-30(27(43)18-28(32)44)47-39-24(21-45)22-46-29-19-34(33(58-2)17-26(29)39)60-14-4-9-49-10-12-50(13-11-49)37(53)23-59-15-16-61-35-6-3-5-25-38(35)42(56)51(41(25)55)31-7-8-36(52)48-40(31)54/h3,5-6,17-20,22,31H,4,7-16,23H2,1-2H3,(H,46,47)(H,48,52,54). The first kappa shape index (κ1) is 43.4. The Kier molecular flexibility index (Phi) is 13.8. The number of hydrogen-bond acceptors (Lipinski definition) is 14. The second-order valence-corrected chi connectivity index (χ2v) is 16.2. The summed E-state index contributed by atoms with van der Waals surface area (Å²) in [7, 11) is 3.04. The largest absolute Gasteiger partial charge is 0.495 e. The molecule has 4 heterocycles. The number of carbonyl (C=O) groups excluding carboxylic acids is 5. The maximum absolute atomic E-state index is 13.3. The maximum Gasteiger partial charge on any atom is 0.263 e. The molecule has 0 radical (unpaired) electrons. The molecule has 0 aliphatic carbocycles. The second-order valence-electron chi connectivity index (χ2n) is 14.2. The Morgan fingerprint density at radius 3 is 2.51 bits per heavy atom. The van der Waals surface area contributed by atoms with E-state index >= 15 is 0 Å². The third-order valence-electron chi connectivity index (χ3n) is 10.5. The van der Waals surface area contributed by atoms with Gasteiger partial charge in [-0.1, -0.05) is 29.3 Å². The number of rotatable bonds is 16. The van der Waals surface area contributed by atoms with E-state index in [9.17, 15) is 29.2 Å². The smallest absolute Gasteiger partial charge is 0.263 e. The maximum atomic E-state index is 13.3. The molecule has 3 aromatic carbocycles. The average Bonchev–Trinajstić information content (AvgIpc) is 3.51. The van der Waals surface area contributed by atoms with E-state index in [1.807, 2.05) is 0 Å². The minimum absolute atomic E-state index is 0.0471. The van der Waals surface area contributed by atoms with Gasteiger partial charge in [0.25, 0.3) is 11.8 Å². The zero-order chi connectivity index (χ0) is 43.2. The van der Waals surface area contributed by atoms with E-state index in [0.29, 0.717) is 98.6 Å². The van der Waals surface area contributed by atoms with Crippen molar-refractivity contribution in [3.8, 4) is 23.3 Å². The predicted molar refractivity (Wildman–Crippen MR) is 227 cm³/mol. The third-order valence-corrected chi connectivity index (χ3v) is 12.1. The number of ether oxygens (including phenoxy) is 4.